The predicted molar refractivity (Wildman–Crippen MR) is 112 cm³/mol. The Bertz CT molecular complexity index is 583. The summed E-state index contributed by atoms with van der Waals surface area (Å²) >= 11 is 1.66. The van der Waals surface area contributed by atoms with Gasteiger partial charge in [0.1, 0.15) is 5.82 Å². The first-order chi connectivity index (χ1) is 13.0. The molecule has 1 aliphatic heterocycles. The second-order valence-corrected chi connectivity index (χ2v) is 8.33. The molecule has 8 heteroatoms. The van der Waals surface area contributed by atoms with Gasteiger partial charge in [0, 0.05) is 52.2 Å². The molecule has 1 aromatic heterocycles. The van der Waals surface area contributed by atoms with E-state index in [-0.39, 0.29) is 0 Å². The Labute approximate surface area is 168 Å². The molecule has 0 saturated carbocycles. The van der Waals surface area contributed by atoms with Crippen molar-refractivity contribution in [2.75, 3.05) is 46.2 Å². The molecule has 0 radical (unpaired) electrons. The SMILES string of the molecule is CCNC(=NCCCc1nnc(SC)n1CC(C)C)N(C)CC1CCOC1. The lowest BCUT2D eigenvalue weighted by atomic mass is 10.1. The molecule has 27 heavy (non-hydrogen) atoms. The fourth-order valence-electron chi connectivity index (χ4n) is 3.30. The van der Waals surface area contributed by atoms with Crippen molar-refractivity contribution in [3.63, 3.8) is 0 Å². The number of thioether (sulfide) groups is 1. The number of hydrogen-bond acceptors (Lipinski definition) is 5. The van der Waals surface area contributed by atoms with E-state index in [1.54, 1.807) is 11.8 Å². The van der Waals surface area contributed by atoms with Gasteiger partial charge in [-0.15, -0.1) is 10.2 Å². The van der Waals surface area contributed by atoms with Crippen LogP contribution in [0.5, 0.6) is 0 Å². The fraction of sp³-hybridized carbons (Fsp3) is 0.842. The van der Waals surface area contributed by atoms with Crippen LogP contribution in [-0.4, -0.2) is 71.8 Å². The lowest BCUT2D eigenvalue weighted by Crippen LogP contribution is -2.41. The van der Waals surface area contributed by atoms with E-state index in [4.69, 9.17) is 9.73 Å². The largest absolute Gasteiger partial charge is 0.381 e. The zero-order valence-corrected chi connectivity index (χ0v) is 18.4. The van der Waals surface area contributed by atoms with Gasteiger partial charge in [0.2, 0.25) is 0 Å². The van der Waals surface area contributed by atoms with Crippen LogP contribution in [0.1, 0.15) is 39.4 Å². The van der Waals surface area contributed by atoms with Crippen molar-refractivity contribution in [2.24, 2.45) is 16.8 Å². The summed E-state index contributed by atoms with van der Waals surface area (Å²) in [6.45, 7) is 12.0. The van der Waals surface area contributed by atoms with Crippen molar-refractivity contribution < 1.29 is 4.74 Å². The summed E-state index contributed by atoms with van der Waals surface area (Å²) in [5, 5.41) is 13.1. The maximum absolute atomic E-state index is 5.49. The first-order valence-electron chi connectivity index (χ1n) is 10.1. The van der Waals surface area contributed by atoms with Gasteiger partial charge in [-0.1, -0.05) is 25.6 Å². The van der Waals surface area contributed by atoms with Crippen LogP contribution < -0.4 is 5.32 Å². The molecule has 0 aliphatic carbocycles. The Morgan fingerprint density at radius 2 is 2.26 bits per heavy atom. The summed E-state index contributed by atoms with van der Waals surface area (Å²) < 4.78 is 7.75. The van der Waals surface area contributed by atoms with Crippen molar-refractivity contribution in [2.45, 2.75) is 51.7 Å². The average Bonchev–Trinajstić information content (AvgIpc) is 3.27. The number of aryl methyl sites for hydroxylation is 1. The molecule has 1 fully saturated rings. The molecule has 0 spiro atoms. The van der Waals surface area contributed by atoms with E-state index in [0.29, 0.717) is 11.8 Å². The molecule has 2 heterocycles. The highest BCUT2D eigenvalue weighted by molar-refractivity contribution is 7.98. The number of rotatable bonds is 10. The number of aromatic nitrogens is 3. The number of guanidine groups is 1. The fourth-order valence-corrected chi connectivity index (χ4v) is 3.82. The van der Waals surface area contributed by atoms with Crippen molar-refractivity contribution in [1.82, 2.24) is 25.0 Å². The Hall–Kier alpha value is -1.28. The van der Waals surface area contributed by atoms with Crippen molar-refractivity contribution in [1.29, 1.82) is 0 Å². The maximum Gasteiger partial charge on any atom is 0.193 e. The van der Waals surface area contributed by atoms with Crippen LogP contribution in [0.3, 0.4) is 0 Å². The molecule has 1 atom stereocenters. The molecular weight excluding hydrogens is 360 g/mol. The van der Waals surface area contributed by atoms with Gasteiger partial charge in [-0.25, -0.2) is 0 Å². The van der Waals surface area contributed by atoms with E-state index in [1.165, 1.54) is 0 Å². The summed E-state index contributed by atoms with van der Waals surface area (Å²) in [7, 11) is 2.11. The van der Waals surface area contributed by atoms with Crippen LogP contribution in [-0.2, 0) is 17.7 Å². The van der Waals surface area contributed by atoms with E-state index in [0.717, 1.165) is 75.6 Å². The van der Waals surface area contributed by atoms with E-state index < -0.39 is 0 Å². The third-order valence-electron chi connectivity index (χ3n) is 4.60. The molecular formula is C19H36N6OS. The van der Waals surface area contributed by atoms with Crippen molar-refractivity contribution in [3.8, 4) is 0 Å². The standard InChI is InChI=1S/C19H36N6OS/c1-6-20-18(24(4)13-16-9-11-26-14-16)21-10-7-8-17-22-23-19(27-5)25(17)12-15(2)3/h15-16H,6-14H2,1-5H3,(H,20,21). The molecule has 1 saturated heterocycles. The Balaban J connectivity index is 1.88. The highest BCUT2D eigenvalue weighted by Crippen LogP contribution is 2.17. The monoisotopic (exact) mass is 396 g/mol. The third-order valence-corrected chi connectivity index (χ3v) is 5.26. The van der Waals surface area contributed by atoms with Crippen molar-refractivity contribution >= 4 is 17.7 Å². The number of nitrogens with zero attached hydrogens (tertiary/aromatic N) is 5. The molecule has 0 bridgehead atoms. The molecule has 2 rings (SSSR count). The van der Waals surface area contributed by atoms with E-state index >= 15 is 0 Å². The number of aliphatic imine (C=N–C) groups is 1. The Morgan fingerprint density at radius 1 is 1.44 bits per heavy atom. The maximum atomic E-state index is 5.49. The van der Waals surface area contributed by atoms with E-state index in [1.807, 2.05) is 0 Å². The molecule has 1 N–H and O–H groups in total. The number of hydrogen-bond donors (Lipinski definition) is 1. The lowest BCUT2D eigenvalue weighted by Gasteiger charge is -2.24. The molecule has 1 aromatic rings. The van der Waals surface area contributed by atoms with Crippen molar-refractivity contribution in [3.05, 3.63) is 5.82 Å². The van der Waals surface area contributed by atoms with Gasteiger partial charge in [0.15, 0.2) is 11.1 Å². The molecule has 0 amide bonds. The quantitative estimate of drug-likeness (QED) is 0.284. The lowest BCUT2D eigenvalue weighted by molar-refractivity contribution is 0.181. The molecule has 1 unspecified atom stereocenters. The zero-order chi connectivity index (χ0) is 19.6. The summed E-state index contributed by atoms with van der Waals surface area (Å²) in [5.74, 6) is 3.25. The number of nitrogens with one attached hydrogen (secondary N) is 1. The van der Waals surface area contributed by atoms with Gasteiger partial charge in [0.25, 0.3) is 0 Å². The second-order valence-electron chi connectivity index (χ2n) is 7.56. The Kier molecular flexibility index (Phi) is 9.41. The first kappa shape index (κ1) is 22.0. The van der Waals surface area contributed by atoms with Crippen LogP contribution in [0, 0.1) is 11.8 Å². The van der Waals surface area contributed by atoms with E-state index in [9.17, 15) is 0 Å². The highest BCUT2D eigenvalue weighted by Gasteiger charge is 2.19. The highest BCUT2D eigenvalue weighted by atomic mass is 32.2. The predicted octanol–water partition coefficient (Wildman–Crippen LogP) is 2.52. The summed E-state index contributed by atoms with van der Waals surface area (Å²) in [5.41, 5.74) is 0. The van der Waals surface area contributed by atoms with Gasteiger partial charge in [-0.2, -0.15) is 0 Å². The topological polar surface area (TPSA) is 67.6 Å². The van der Waals surface area contributed by atoms with Gasteiger partial charge in [-0.05, 0) is 31.9 Å². The molecule has 154 valence electrons. The molecule has 7 nitrogen and oxygen atoms in total. The minimum atomic E-state index is 0.581. The van der Waals surface area contributed by atoms with Crippen LogP contribution >= 0.6 is 11.8 Å². The normalized spacial score (nSPS) is 17.7. The minimum Gasteiger partial charge on any atom is -0.381 e. The summed E-state index contributed by atoms with van der Waals surface area (Å²) in [4.78, 5) is 7.05. The van der Waals surface area contributed by atoms with Gasteiger partial charge in [0.05, 0.1) is 6.61 Å². The first-order valence-corrected chi connectivity index (χ1v) is 11.3. The summed E-state index contributed by atoms with van der Waals surface area (Å²) in [6.07, 6.45) is 5.08. The van der Waals surface area contributed by atoms with E-state index in [2.05, 4.69) is 59.1 Å². The van der Waals surface area contributed by atoms with Crippen LogP contribution in [0.15, 0.2) is 10.1 Å². The smallest absolute Gasteiger partial charge is 0.193 e. The molecule has 1 aliphatic rings. The minimum absolute atomic E-state index is 0.581. The second kappa shape index (κ2) is 11.5. The van der Waals surface area contributed by atoms with Crippen LogP contribution in [0.4, 0.5) is 0 Å². The average molecular weight is 397 g/mol. The Morgan fingerprint density at radius 3 is 2.89 bits per heavy atom. The van der Waals surface area contributed by atoms with Gasteiger partial charge in [-0.3, -0.25) is 4.99 Å². The third kappa shape index (κ3) is 6.99. The van der Waals surface area contributed by atoms with Gasteiger partial charge >= 0.3 is 0 Å². The zero-order valence-electron chi connectivity index (χ0n) is 17.6. The van der Waals surface area contributed by atoms with Crippen LogP contribution in [0.2, 0.25) is 0 Å². The van der Waals surface area contributed by atoms with Gasteiger partial charge < -0.3 is 19.5 Å². The number of ether oxygens (including phenoxy) is 1. The summed E-state index contributed by atoms with van der Waals surface area (Å²) in [6, 6.07) is 0. The molecule has 0 aromatic carbocycles. The van der Waals surface area contributed by atoms with Crippen LogP contribution in [0.25, 0.3) is 0 Å².